The van der Waals surface area contributed by atoms with Crippen LogP contribution in [0, 0.1) is 13.8 Å². The van der Waals surface area contributed by atoms with Crippen LogP contribution in [-0.2, 0) is 5.41 Å². The fraction of sp³-hybridized carbons (Fsp3) is 0.533. The molecule has 0 radical (unpaired) electrons. The van der Waals surface area contributed by atoms with Gasteiger partial charge in [-0.3, -0.25) is 5.10 Å². The van der Waals surface area contributed by atoms with Crippen molar-refractivity contribution in [2.45, 2.75) is 47.0 Å². The van der Waals surface area contributed by atoms with Crippen LogP contribution in [0.3, 0.4) is 0 Å². The summed E-state index contributed by atoms with van der Waals surface area (Å²) < 4.78 is 5.82. The van der Waals surface area contributed by atoms with Crippen LogP contribution >= 0.6 is 0 Å². The van der Waals surface area contributed by atoms with E-state index in [2.05, 4.69) is 46.3 Å². The van der Waals surface area contributed by atoms with Crippen molar-refractivity contribution < 1.29 is 4.74 Å². The number of H-pyrrole nitrogens is 1. The summed E-state index contributed by atoms with van der Waals surface area (Å²) in [5.41, 5.74) is 1.67. The molecule has 0 saturated carbocycles. The van der Waals surface area contributed by atoms with Gasteiger partial charge < -0.3 is 10.1 Å². The summed E-state index contributed by atoms with van der Waals surface area (Å²) >= 11 is 0. The van der Waals surface area contributed by atoms with E-state index in [4.69, 9.17) is 4.74 Å². The van der Waals surface area contributed by atoms with E-state index in [0.717, 1.165) is 29.4 Å². The molecule has 2 heterocycles. The van der Waals surface area contributed by atoms with Gasteiger partial charge in [-0.05, 0) is 20.8 Å². The quantitative estimate of drug-likeness (QED) is 0.902. The monoisotopic (exact) mass is 289 g/mol. The maximum absolute atomic E-state index is 5.82. The molecule has 0 saturated heterocycles. The van der Waals surface area contributed by atoms with Crippen LogP contribution in [0.25, 0.3) is 0 Å². The second-order valence-corrected chi connectivity index (χ2v) is 6.10. The Morgan fingerprint density at radius 3 is 2.48 bits per heavy atom. The lowest BCUT2D eigenvalue weighted by Gasteiger charge is -2.20. The van der Waals surface area contributed by atoms with Gasteiger partial charge in [-0.25, -0.2) is 4.98 Å². The van der Waals surface area contributed by atoms with Gasteiger partial charge >= 0.3 is 0 Å². The number of aromatic amines is 1. The Balaban J connectivity index is 2.45. The molecule has 6 heteroatoms. The first-order chi connectivity index (χ1) is 9.81. The van der Waals surface area contributed by atoms with Crippen molar-refractivity contribution in [3.05, 3.63) is 23.1 Å². The molecule has 6 nitrogen and oxygen atoms in total. The highest BCUT2D eigenvalue weighted by atomic mass is 16.5. The smallest absolute Gasteiger partial charge is 0.240 e. The minimum atomic E-state index is -0.155. The largest absolute Gasteiger partial charge is 0.419 e. The van der Waals surface area contributed by atoms with Gasteiger partial charge in [0.05, 0.1) is 5.56 Å². The lowest BCUT2D eigenvalue weighted by molar-refractivity contribution is 0.426. The van der Waals surface area contributed by atoms with E-state index in [0.29, 0.717) is 11.8 Å². The van der Waals surface area contributed by atoms with Gasteiger partial charge in [-0.2, -0.15) is 4.98 Å². The summed E-state index contributed by atoms with van der Waals surface area (Å²) in [6.45, 7) is 12.9. The third-order valence-corrected chi connectivity index (χ3v) is 3.00. The normalized spacial score (nSPS) is 11.5. The molecule has 0 atom stereocenters. The SMILES string of the molecule is CCNc1nc(C(C)(C)C)nc(Oc2cc(C)[nH]n2)c1C. The van der Waals surface area contributed by atoms with E-state index >= 15 is 0 Å². The second-order valence-electron chi connectivity index (χ2n) is 6.10. The Hall–Kier alpha value is -2.11. The fourth-order valence-electron chi connectivity index (χ4n) is 1.81. The number of aryl methyl sites for hydroxylation is 1. The Bertz CT molecular complexity index is 627. The average molecular weight is 289 g/mol. The zero-order chi connectivity index (χ0) is 15.6. The summed E-state index contributed by atoms with van der Waals surface area (Å²) in [6, 6.07) is 1.84. The van der Waals surface area contributed by atoms with E-state index in [9.17, 15) is 0 Å². The molecular weight excluding hydrogens is 266 g/mol. The molecule has 0 bridgehead atoms. The summed E-state index contributed by atoms with van der Waals surface area (Å²) in [7, 11) is 0. The van der Waals surface area contributed by atoms with Gasteiger partial charge in [0.15, 0.2) is 0 Å². The highest BCUT2D eigenvalue weighted by molar-refractivity contribution is 5.49. The molecule has 114 valence electrons. The molecule has 2 aromatic heterocycles. The maximum atomic E-state index is 5.82. The van der Waals surface area contributed by atoms with Gasteiger partial charge in [0, 0.05) is 23.7 Å². The molecule has 21 heavy (non-hydrogen) atoms. The summed E-state index contributed by atoms with van der Waals surface area (Å²) in [6.07, 6.45) is 0. The Morgan fingerprint density at radius 2 is 1.95 bits per heavy atom. The van der Waals surface area contributed by atoms with Crippen molar-refractivity contribution >= 4 is 5.82 Å². The van der Waals surface area contributed by atoms with Gasteiger partial charge in [0.2, 0.25) is 11.8 Å². The van der Waals surface area contributed by atoms with Crippen LogP contribution in [-0.4, -0.2) is 26.7 Å². The highest BCUT2D eigenvalue weighted by Crippen LogP contribution is 2.30. The van der Waals surface area contributed by atoms with E-state index < -0.39 is 0 Å². The molecule has 0 amide bonds. The van der Waals surface area contributed by atoms with Gasteiger partial charge in [-0.1, -0.05) is 20.8 Å². The van der Waals surface area contributed by atoms with E-state index in [1.807, 2.05) is 26.8 Å². The Kier molecular flexibility index (Phi) is 4.16. The number of hydrogen-bond donors (Lipinski definition) is 2. The standard InChI is InChI=1S/C15H23N5O/c1-7-16-12-10(3)13(18-14(17-12)15(4,5)6)21-11-8-9(2)19-20-11/h8H,7H2,1-6H3,(H,19,20)(H,16,17,18). The number of rotatable bonds is 4. The van der Waals surface area contributed by atoms with Gasteiger partial charge in [0.25, 0.3) is 0 Å². The van der Waals surface area contributed by atoms with E-state index in [1.54, 1.807) is 0 Å². The first-order valence-electron chi connectivity index (χ1n) is 7.14. The number of anilines is 1. The van der Waals surface area contributed by atoms with Gasteiger partial charge in [-0.15, -0.1) is 5.10 Å². The number of ether oxygens (including phenoxy) is 1. The minimum absolute atomic E-state index is 0.155. The molecule has 0 aliphatic heterocycles. The molecule has 0 unspecified atom stereocenters. The predicted molar refractivity (Wildman–Crippen MR) is 83.0 cm³/mol. The average Bonchev–Trinajstić information content (AvgIpc) is 2.78. The molecule has 0 spiro atoms. The molecule has 0 aromatic carbocycles. The molecular formula is C15H23N5O. The van der Waals surface area contributed by atoms with E-state index in [1.165, 1.54) is 0 Å². The van der Waals surface area contributed by atoms with Crippen LogP contribution in [0.4, 0.5) is 5.82 Å². The van der Waals surface area contributed by atoms with Crippen molar-refractivity contribution in [3.8, 4) is 11.8 Å². The predicted octanol–water partition coefficient (Wildman–Crippen LogP) is 3.34. The number of nitrogens with zero attached hydrogens (tertiary/aromatic N) is 3. The van der Waals surface area contributed by atoms with Crippen molar-refractivity contribution in [2.24, 2.45) is 0 Å². The topological polar surface area (TPSA) is 75.7 Å². The molecule has 0 aliphatic carbocycles. The zero-order valence-electron chi connectivity index (χ0n) is 13.5. The van der Waals surface area contributed by atoms with Gasteiger partial charge in [0.1, 0.15) is 11.6 Å². The van der Waals surface area contributed by atoms with Crippen LogP contribution < -0.4 is 10.1 Å². The lowest BCUT2D eigenvalue weighted by atomic mass is 9.95. The molecule has 2 N–H and O–H groups in total. The molecule has 2 aromatic rings. The second kappa shape index (κ2) is 5.71. The molecule has 0 aliphatic rings. The zero-order valence-corrected chi connectivity index (χ0v) is 13.5. The third-order valence-electron chi connectivity index (χ3n) is 3.00. The van der Waals surface area contributed by atoms with Crippen molar-refractivity contribution in [1.29, 1.82) is 0 Å². The van der Waals surface area contributed by atoms with Crippen LogP contribution in [0.5, 0.6) is 11.8 Å². The maximum Gasteiger partial charge on any atom is 0.240 e. The minimum Gasteiger partial charge on any atom is -0.419 e. The molecule has 0 fully saturated rings. The highest BCUT2D eigenvalue weighted by Gasteiger charge is 2.22. The van der Waals surface area contributed by atoms with Crippen molar-refractivity contribution in [2.75, 3.05) is 11.9 Å². The lowest BCUT2D eigenvalue weighted by Crippen LogP contribution is -2.18. The number of aromatic nitrogens is 4. The van der Waals surface area contributed by atoms with Crippen LogP contribution in [0.2, 0.25) is 0 Å². The van der Waals surface area contributed by atoms with Crippen LogP contribution in [0.1, 0.15) is 44.8 Å². The first kappa shape index (κ1) is 15.3. The third kappa shape index (κ3) is 3.51. The number of nitrogens with one attached hydrogen (secondary N) is 2. The first-order valence-corrected chi connectivity index (χ1v) is 7.14. The summed E-state index contributed by atoms with van der Waals surface area (Å²) in [5, 5.41) is 10.2. The van der Waals surface area contributed by atoms with Crippen molar-refractivity contribution in [3.63, 3.8) is 0 Å². The fourth-order valence-corrected chi connectivity index (χ4v) is 1.81. The summed E-state index contributed by atoms with van der Waals surface area (Å²) in [4.78, 5) is 9.17. The Labute approximate surface area is 125 Å². The van der Waals surface area contributed by atoms with Crippen molar-refractivity contribution in [1.82, 2.24) is 20.2 Å². The molecule has 2 rings (SSSR count). The number of hydrogen-bond acceptors (Lipinski definition) is 5. The summed E-state index contributed by atoms with van der Waals surface area (Å²) in [5.74, 6) is 2.60. The Morgan fingerprint density at radius 1 is 1.24 bits per heavy atom. The van der Waals surface area contributed by atoms with E-state index in [-0.39, 0.29) is 5.41 Å². The van der Waals surface area contributed by atoms with Crippen LogP contribution in [0.15, 0.2) is 6.07 Å².